The number of piperidine rings is 1. The zero-order valence-electron chi connectivity index (χ0n) is 13.8. The number of carbonyl (C=O) groups excluding carboxylic acids is 1. The zero-order chi connectivity index (χ0) is 16.4. The largest absolute Gasteiger partial charge is 0.341 e. The third-order valence-electron chi connectivity index (χ3n) is 4.34. The molecule has 1 aliphatic rings. The maximum Gasteiger partial charge on any atom is 0.239 e. The van der Waals surface area contributed by atoms with Crippen LogP contribution in [0.5, 0.6) is 0 Å². The molecule has 3 rings (SSSR count). The zero-order valence-corrected chi connectivity index (χ0v) is 15.5. The summed E-state index contributed by atoms with van der Waals surface area (Å²) in [5.74, 6) is 1.74. The van der Waals surface area contributed by atoms with Gasteiger partial charge in [0, 0.05) is 19.0 Å². The number of thiophene rings is 1. The Bertz CT molecular complexity index is 651. The lowest BCUT2D eigenvalue weighted by atomic mass is 9.95. The average molecular weight is 371 g/mol. The summed E-state index contributed by atoms with van der Waals surface area (Å²) in [6.45, 7) is 5.33. The summed E-state index contributed by atoms with van der Waals surface area (Å²) in [6, 6.07) is 3.53. The van der Waals surface area contributed by atoms with E-state index in [4.69, 9.17) is 10.3 Å². The van der Waals surface area contributed by atoms with Crippen molar-refractivity contribution >= 4 is 29.7 Å². The van der Waals surface area contributed by atoms with Crippen molar-refractivity contribution < 1.29 is 9.32 Å². The predicted molar refractivity (Wildman–Crippen MR) is 96.2 cm³/mol. The fourth-order valence-corrected chi connectivity index (χ4v) is 3.40. The van der Waals surface area contributed by atoms with E-state index in [2.05, 4.69) is 10.1 Å². The minimum absolute atomic E-state index is 0. The second-order valence-corrected chi connectivity index (χ2v) is 7.25. The lowest BCUT2D eigenvalue weighted by molar-refractivity contribution is -0.134. The van der Waals surface area contributed by atoms with Gasteiger partial charge in [-0.25, -0.2) is 0 Å². The molecule has 2 aromatic rings. The number of hydrogen-bond acceptors (Lipinski definition) is 6. The van der Waals surface area contributed by atoms with E-state index in [1.165, 1.54) is 0 Å². The maximum atomic E-state index is 12.3. The smallest absolute Gasteiger partial charge is 0.239 e. The van der Waals surface area contributed by atoms with Gasteiger partial charge < -0.3 is 15.2 Å². The van der Waals surface area contributed by atoms with Crippen LogP contribution < -0.4 is 5.73 Å². The van der Waals surface area contributed by atoms with Gasteiger partial charge >= 0.3 is 0 Å². The first kappa shape index (κ1) is 18.9. The molecule has 0 radical (unpaired) electrons. The first-order chi connectivity index (χ1) is 11.1. The summed E-state index contributed by atoms with van der Waals surface area (Å²) < 4.78 is 5.43. The van der Waals surface area contributed by atoms with Crippen molar-refractivity contribution in [3.8, 4) is 10.7 Å². The average Bonchev–Trinajstić information content (AvgIpc) is 3.24. The molecule has 0 saturated carbocycles. The molecule has 8 heteroatoms. The highest BCUT2D eigenvalue weighted by molar-refractivity contribution is 7.13. The molecule has 3 heterocycles. The Hall–Kier alpha value is -1.44. The minimum atomic E-state index is -0.416. The normalized spacial score (nSPS) is 16.9. The van der Waals surface area contributed by atoms with Crippen LogP contribution in [0, 0.1) is 5.92 Å². The Morgan fingerprint density at radius 1 is 1.42 bits per heavy atom. The van der Waals surface area contributed by atoms with Gasteiger partial charge in [0.25, 0.3) is 0 Å². The predicted octanol–water partition coefficient (Wildman–Crippen LogP) is 2.91. The standard InChI is InChI=1S/C16H22N4O2S.ClH/c1-10(2)13(17)16(21)20-7-5-11(6-8-20)15-18-14(19-22-15)12-4-3-9-23-12;/h3-4,9-11,13H,5-8,17H2,1-2H3;1H/t13-;/m0./s1. The van der Waals surface area contributed by atoms with Crippen LogP contribution in [-0.4, -0.2) is 40.1 Å². The number of halogens is 1. The number of hydrogen-bond donors (Lipinski definition) is 1. The van der Waals surface area contributed by atoms with Crippen LogP contribution in [0.15, 0.2) is 22.0 Å². The van der Waals surface area contributed by atoms with Crippen LogP contribution >= 0.6 is 23.7 Å². The van der Waals surface area contributed by atoms with E-state index in [1.807, 2.05) is 36.3 Å². The Balaban J connectivity index is 0.00000208. The fraction of sp³-hybridized carbons (Fsp3) is 0.562. The van der Waals surface area contributed by atoms with E-state index in [9.17, 15) is 4.79 Å². The number of likely N-dealkylation sites (tertiary alicyclic amines) is 1. The van der Waals surface area contributed by atoms with Gasteiger partial charge in [0.15, 0.2) is 0 Å². The van der Waals surface area contributed by atoms with Gasteiger partial charge in [-0.15, -0.1) is 23.7 Å². The molecule has 0 bridgehead atoms. The SMILES string of the molecule is CC(C)[C@H](N)C(=O)N1CCC(c2nc(-c3cccs3)no2)CC1.Cl. The van der Waals surface area contributed by atoms with Crippen LogP contribution in [0.1, 0.15) is 38.5 Å². The topological polar surface area (TPSA) is 85.3 Å². The number of amides is 1. The first-order valence-electron chi connectivity index (χ1n) is 7.98. The molecule has 24 heavy (non-hydrogen) atoms. The molecule has 0 aliphatic carbocycles. The highest BCUT2D eigenvalue weighted by atomic mass is 35.5. The molecule has 1 saturated heterocycles. The van der Waals surface area contributed by atoms with Gasteiger partial charge in [0.2, 0.25) is 17.6 Å². The molecule has 2 aromatic heterocycles. The number of rotatable bonds is 4. The lowest BCUT2D eigenvalue weighted by Gasteiger charge is -2.33. The number of nitrogens with two attached hydrogens (primary N) is 1. The van der Waals surface area contributed by atoms with Crippen molar-refractivity contribution in [3.63, 3.8) is 0 Å². The van der Waals surface area contributed by atoms with Crippen molar-refractivity contribution in [2.45, 2.75) is 38.6 Å². The molecular formula is C16H23ClN4O2S. The highest BCUT2D eigenvalue weighted by Gasteiger charge is 2.30. The molecule has 1 fully saturated rings. The van der Waals surface area contributed by atoms with Crippen molar-refractivity contribution in [1.29, 1.82) is 0 Å². The van der Waals surface area contributed by atoms with Crippen LogP contribution in [0.3, 0.4) is 0 Å². The van der Waals surface area contributed by atoms with E-state index >= 15 is 0 Å². The summed E-state index contributed by atoms with van der Waals surface area (Å²) in [5.41, 5.74) is 5.96. The van der Waals surface area contributed by atoms with E-state index < -0.39 is 6.04 Å². The van der Waals surface area contributed by atoms with E-state index in [0.29, 0.717) is 24.8 Å². The van der Waals surface area contributed by atoms with Gasteiger partial charge in [0.05, 0.1) is 10.9 Å². The second kappa shape index (κ2) is 8.09. The van der Waals surface area contributed by atoms with Crippen molar-refractivity contribution in [1.82, 2.24) is 15.0 Å². The van der Waals surface area contributed by atoms with Crippen LogP contribution in [0.4, 0.5) is 0 Å². The number of carbonyl (C=O) groups is 1. The number of nitrogens with zero attached hydrogens (tertiary/aromatic N) is 3. The van der Waals surface area contributed by atoms with Gasteiger partial charge in [-0.05, 0) is 30.2 Å². The summed E-state index contributed by atoms with van der Waals surface area (Å²) in [4.78, 5) is 19.7. The van der Waals surface area contributed by atoms with Gasteiger partial charge in [0.1, 0.15) is 0 Å². The highest BCUT2D eigenvalue weighted by Crippen LogP contribution is 2.30. The molecule has 1 aliphatic heterocycles. The monoisotopic (exact) mass is 370 g/mol. The summed E-state index contributed by atoms with van der Waals surface area (Å²) in [7, 11) is 0. The molecular weight excluding hydrogens is 348 g/mol. The Morgan fingerprint density at radius 3 is 2.71 bits per heavy atom. The van der Waals surface area contributed by atoms with Crippen LogP contribution in [-0.2, 0) is 4.79 Å². The fourth-order valence-electron chi connectivity index (χ4n) is 2.75. The summed E-state index contributed by atoms with van der Waals surface area (Å²) >= 11 is 1.59. The molecule has 1 atom stereocenters. The molecule has 0 unspecified atom stereocenters. The third-order valence-corrected chi connectivity index (χ3v) is 5.21. The Kier molecular flexibility index (Phi) is 6.37. The second-order valence-electron chi connectivity index (χ2n) is 6.30. The lowest BCUT2D eigenvalue weighted by Crippen LogP contribution is -2.49. The molecule has 132 valence electrons. The molecule has 0 spiro atoms. The molecule has 1 amide bonds. The quantitative estimate of drug-likeness (QED) is 0.894. The molecule has 0 aromatic carbocycles. The van der Waals surface area contributed by atoms with E-state index in [1.54, 1.807) is 11.3 Å². The maximum absolute atomic E-state index is 12.3. The first-order valence-corrected chi connectivity index (χ1v) is 8.86. The minimum Gasteiger partial charge on any atom is -0.341 e. The van der Waals surface area contributed by atoms with E-state index in [-0.39, 0.29) is 30.2 Å². The number of aromatic nitrogens is 2. The van der Waals surface area contributed by atoms with E-state index in [0.717, 1.165) is 17.7 Å². The van der Waals surface area contributed by atoms with Crippen LogP contribution in [0.25, 0.3) is 10.7 Å². The van der Waals surface area contributed by atoms with Crippen molar-refractivity contribution in [3.05, 3.63) is 23.4 Å². The van der Waals surface area contributed by atoms with Crippen molar-refractivity contribution in [2.24, 2.45) is 11.7 Å². The Morgan fingerprint density at radius 2 is 2.12 bits per heavy atom. The van der Waals surface area contributed by atoms with Gasteiger partial charge in [-0.2, -0.15) is 4.98 Å². The van der Waals surface area contributed by atoms with Gasteiger partial charge in [-0.1, -0.05) is 25.1 Å². The summed E-state index contributed by atoms with van der Waals surface area (Å²) in [5, 5.41) is 6.06. The third kappa shape index (κ3) is 3.96. The summed E-state index contributed by atoms with van der Waals surface area (Å²) in [6.07, 6.45) is 1.67. The Labute approximate surface area is 151 Å². The van der Waals surface area contributed by atoms with Crippen LogP contribution in [0.2, 0.25) is 0 Å². The molecule has 2 N–H and O–H groups in total. The van der Waals surface area contributed by atoms with Gasteiger partial charge in [-0.3, -0.25) is 4.79 Å². The molecule has 6 nitrogen and oxygen atoms in total. The van der Waals surface area contributed by atoms with Crippen molar-refractivity contribution in [2.75, 3.05) is 13.1 Å².